The molecule has 0 saturated heterocycles. The van der Waals surface area contributed by atoms with E-state index in [1.807, 2.05) is 42.6 Å². The Bertz CT molecular complexity index is 1830. The van der Waals surface area contributed by atoms with E-state index in [1.165, 1.54) is 40.8 Å². The normalized spacial score (nSPS) is 12.8. The molecule has 0 saturated carbocycles. The van der Waals surface area contributed by atoms with Crippen molar-refractivity contribution in [3.63, 3.8) is 0 Å². The van der Waals surface area contributed by atoms with Gasteiger partial charge in [0.15, 0.2) is 0 Å². The van der Waals surface area contributed by atoms with E-state index in [2.05, 4.69) is 20.6 Å². The molecule has 0 aliphatic carbocycles. The molecule has 0 unspecified atom stereocenters. The average molecular weight is 678 g/mol. The maximum absolute atomic E-state index is 13.8. The van der Waals surface area contributed by atoms with Crippen LogP contribution in [0.25, 0.3) is 11.5 Å². The zero-order valence-electron chi connectivity index (χ0n) is 26.2. The lowest BCUT2D eigenvalue weighted by Crippen LogP contribution is -2.48. The number of rotatable bonds is 13. The molecule has 2 amide bonds. The van der Waals surface area contributed by atoms with Gasteiger partial charge in [-0.05, 0) is 48.7 Å². The number of aliphatic hydroxyl groups excluding tert-OH is 1. The van der Waals surface area contributed by atoms with Crippen LogP contribution in [0.15, 0.2) is 95.1 Å². The summed E-state index contributed by atoms with van der Waals surface area (Å²) in [7, 11) is 1.65. The van der Waals surface area contributed by atoms with Crippen LogP contribution in [-0.4, -0.2) is 57.5 Å². The van der Waals surface area contributed by atoms with Gasteiger partial charge in [-0.3, -0.25) is 9.59 Å². The van der Waals surface area contributed by atoms with Crippen LogP contribution in [0.5, 0.6) is 0 Å². The molecule has 0 radical (unpaired) electrons. The lowest BCUT2D eigenvalue weighted by atomic mass is 9.99. The van der Waals surface area contributed by atoms with Crippen molar-refractivity contribution in [1.82, 2.24) is 25.5 Å². The molecule has 9 nitrogen and oxygen atoms in total. The molecule has 0 spiro atoms. The van der Waals surface area contributed by atoms with Crippen LogP contribution in [0, 0.1) is 6.92 Å². The maximum atomic E-state index is 13.8. The Kier molecular flexibility index (Phi) is 11.0. The molecule has 0 aliphatic rings. The van der Waals surface area contributed by atoms with Gasteiger partial charge in [-0.25, -0.2) is 9.97 Å². The second kappa shape index (κ2) is 15.4. The van der Waals surface area contributed by atoms with Crippen molar-refractivity contribution < 1.29 is 32.3 Å². The Labute approximate surface area is 279 Å². The van der Waals surface area contributed by atoms with E-state index in [9.17, 15) is 27.9 Å². The van der Waals surface area contributed by atoms with Crippen LogP contribution in [0.1, 0.15) is 48.1 Å². The summed E-state index contributed by atoms with van der Waals surface area (Å²) in [4.78, 5) is 37.5. The van der Waals surface area contributed by atoms with Gasteiger partial charge in [0.1, 0.15) is 11.3 Å². The van der Waals surface area contributed by atoms with Gasteiger partial charge in [-0.15, -0.1) is 11.3 Å². The van der Waals surface area contributed by atoms with Gasteiger partial charge in [0.25, 0.3) is 11.8 Å². The van der Waals surface area contributed by atoms with Crippen LogP contribution in [0.3, 0.4) is 0 Å². The molecule has 250 valence electrons. The van der Waals surface area contributed by atoms with E-state index in [0.717, 1.165) is 28.4 Å². The number of nitrogens with one attached hydrogen (secondary N) is 2. The highest BCUT2D eigenvalue weighted by molar-refractivity contribution is 7.09. The molecule has 2 heterocycles. The van der Waals surface area contributed by atoms with Crippen LogP contribution in [-0.2, 0) is 25.7 Å². The third-order valence-electron chi connectivity index (χ3n) is 7.52. The van der Waals surface area contributed by atoms with E-state index in [-0.39, 0.29) is 49.0 Å². The van der Waals surface area contributed by atoms with E-state index >= 15 is 0 Å². The fraction of sp³-hybridized carbons (Fsp3) is 0.257. The number of aliphatic hydroxyl groups is 1. The van der Waals surface area contributed by atoms with Crippen molar-refractivity contribution >= 4 is 23.2 Å². The molecule has 3 aromatic carbocycles. The van der Waals surface area contributed by atoms with Crippen molar-refractivity contribution in [2.24, 2.45) is 0 Å². The summed E-state index contributed by atoms with van der Waals surface area (Å²) >= 11 is 1.45. The van der Waals surface area contributed by atoms with Gasteiger partial charge < -0.3 is 25.1 Å². The van der Waals surface area contributed by atoms with Crippen molar-refractivity contribution in [2.75, 3.05) is 13.6 Å². The first-order chi connectivity index (χ1) is 23.0. The van der Waals surface area contributed by atoms with Crippen molar-refractivity contribution in [3.8, 4) is 11.5 Å². The number of halogens is 3. The van der Waals surface area contributed by atoms with Crippen LogP contribution in [0.2, 0.25) is 0 Å². The minimum absolute atomic E-state index is 0.0187. The zero-order valence-corrected chi connectivity index (χ0v) is 27.0. The molecule has 5 rings (SSSR count). The van der Waals surface area contributed by atoms with Crippen LogP contribution in [0.4, 0.5) is 13.2 Å². The highest BCUT2D eigenvalue weighted by Gasteiger charge is 2.30. The minimum Gasteiger partial charge on any atom is -0.445 e. The Morgan fingerprint density at radius 2 is 1.77 bits per heavy atom. The predicted octanol–water partition coefficient (Wildman–Crippen LogP) is 5.89. The quantitative estimate of drug-likeness (QED) is 0.142. The first-order valence-electron chi connectivity index (χ1n) is 15.1. The smallest absolute Gasteiger partial charge is 0.416 e. The lowest BCUT2D eigenvalue weighted by Gasteiger charge is -2.25. The summed E-state index contributed by atoms with van der Waals surface area (Å²) in [6.45, 7) is 2.21. The summed E-state index contributed by atoms with van der Waals surface area (Å²) in [5, 5.41) is 19.8. The number of hydrogen-bond donors (Lipinski definition) is 3. The molecule has 2 atom stereocenters. The zero-order chi connectivity index (χ0) is 34.3. The number of benzene rings is 3. The van der Waals surface area contributed by atoms with Crippen molar-refractivity contribution in [1.29, 1.82) is 0 Å². The molecular formula is C35H34F3N5O4S. The molecule has 3 N–H and O–H groups in total. The minimum atomic E-state index is -4.47. The number of aromatic nitrogens is 2. The molecule has 48 heavy (non-hydrogen) atoms. The largest absolute Gasteiger partial charge is 0.445 e. The van der Waals surface area contributed by atoms with E-state index in [1.54, 1.807) is 25.2 Å². The topological polar surface area (TPSA) is 121 Å². The first-order valence-corrected chi connectivity index (χ1v) is 16.0. The van der Waals surface area contributed by atoms with E-state index < -0.39 is 29.8 Å². The summed E-state index contributed by atoms with van der Waals surface area (Å²) in [6.07, 6.45) is -2.48. The number of alkyl halides is 3. The van der Waals surface area contributed by atoms with Crippen LogP contribution < -0.4 is 10.6 Å². The number of carbonyl (C=O) groups is 2. The predicted molar refractivity (Wildman–Crippen MR) is 175 cm³/mol. The van der Waals surface area contributed by atoms with Gasteiger partial charge in [0.05, 0.1) is 30.5 Å². The Morgan fingerprint density at radius 3 is 2.46 bits per heavy atom. The molecule has 5 aromatic rings. The van der Waals surface area contributed by atoms with Crippen LogP contribution >= 0.6 is 11.3 Å². The molecule has 2 aromatic heterocycles. The Morgan fingerprint density at radius 1 is 1.02 bits per heavy atom. The number of oxazole rings is 1. The molecule has 0 bridgehead atoms. The summed E-state index contributed by atoms with van der Waals surface area (Å²) < 4.78 is 45.0. The number of amides is 2. The van der Waals surface area contributed by atoms with Gasteiger partial charge in [0.2, 0.25) is 5.89 Å². The summed E-state index contributed by atoms with van der Waals surface area (Å²) in [5.41, 5.74) is 2.14. The number of carbonyl (C=O) groups excluding carboxylic acids is 2. The van der Waals surface area contributed by atoms with Crippen molar-refractivity contribution in [2.45, 2.75) is 44.8 Å². The van der Waals surface area contributed by atoms with Gasteiger partial charge >= 0.3 is 6.18 Å². The fourth-order valence-electron chi connectivity index (χ4n) is 5.11. The van der Waals surface area contributed by atoms with E-state index in [0.29, 0.717) is 11.1 Å². The fourth-order valence-corrected chi connectivity index (χ4v) is 5.93. The van der Waals surface area contributed by atoms with Crippen molar-refractivity contribution in [3.05, 3.63) is 129 Å². The Balaban J connectivity index is 1.35. The maximum Gasteiger partial charge on any atom is 0.416 e. The standard InChI is InChI=1S/C35H34F3N5O4S/c1-22-21-48-31(41-22)20-43(2)34(46)27-16-25(15-26(17-27)33-40-11-12-47-33)32(45)42-29(14-23-7-4-3-5-8-23)30(44)19-39-18-24-9-6-10-28(13-24)35(36,37)38/h3-13,15-17,21,29-30,39,44H,14,18-20H2,1-2H3,(H,42,45)/t29-,30+/m0/s1. The summed E-state index contributed by atoms with van der Waals surface area (Å²) in [6, 6.07) is 18.0. The first kappa shape index (κ1) is 34.5. The molecule has 13 heteroatoms. The highest BCUT2D eigenvalue weighted by atomic mass is 32.1. The molecular weight excluding hydrogens is 643 g/mol. The molecule has 0 aliphatic heterocycles. The summed E-state index contributed by atoms with van der Waals surface area (Å²) in [5.74, 6) is -0.671. The Hall–Kier alpha value is -4.85. The second-order valence-corrected chi connectivity index (χ2v) is 12.3. The van der Waals surface area contributed by atoms with Gasteiger partial charge in [-0.2, -0.15) is 13.2 Å². The number of hydrogen-bond acceptors (Lipinski definition) is 8. The monoisotopic (exact) mass is 677 g/mol. The number of nitrogens with zero attached hydrogens (tertiary/aromatic N) is 3. The van der Waals surface area contributed by atoms with E-state index in [4.69, 9.17) is 4.42 Å². The highest BCUT2D eigenvalue weighted by Crippen LogP contribution is 2.29. The number of aryl methyl sites for hydroxylation is 1. The number of thiazole rings is 1. The lowest BCUT2D eigenvalue weighted by molar-refractivity contribution is -0.137. The SMILES string of the molecule is Cc1csc(CN(C)C(=O)c2cc(C(=O)N[C@@H](Cc3ccccc3)[C@H](O)CNCc3cccc(C(F)(F)F)c3)cc(-c3ncco3)c2)n1. The third-order valence-corrected chi connectivity index (χ3v) is 8.47. The third kappa shape index (κ3) is 9.15. The van der Waals surface area contributed by atoms with Gasteiger partial charge in [0, 0.05) is 47.9 Å². The molecule has 0 fully saturated rings. The van der Waals surface area contributed by atoms with Gasteiger partial charge in [-0.1, -0.05) is 48.5 Å². The second-order valence-electron chi connectivity index (χ2n) is 11.3. The average Bonchev–Trinajstić information content (AvgIpc) is 3.76.